The molecule has 130 valence electrons. The summed E-state index contributed by atoms with van der Waals surface area (Å²) in [6, 6.07) is 7.38. The van der Waals surface area contributed by atoms with Crippen LogP contribution in [-0.2, 0) is 0 Å². The van der Waals surface area contributed by atoms with E-state index in [1.54, 1.807) is 39.0 Å². The number of hydrogen-bond acceptors (Lipinski definition) is 4. The fraction of sp³-hybridized carbons (Fsp3) is 0.222. The lowest BCUT2D eigenvalue weighted by Crippen LogP contribution is -2.34. The molecule has 5 nitrogen and oxygen atoms in total. The maximum absolute atomic E-state index is 13.5. The van der Waals surface area contributed by atoms with Crippen LogP contribution in [0.2, 0.25) is 5.02 Å². The summed E-state index contributed by atoms with van der Waals surface area (Å²) in [7, 11) is 0. The van der Waals surface area contributed by atoms with Crippen LogP contribution in [0.3, 0.4) is 0 Å². The first-order chi connectivity index (χ1) is 11.8. The molecule has 25 heavy (non-hydrogen) atoms. The number of nitrogens with two attached hydrogens (primary N) is 1. The third-order valence-corrected chi connectivity index (χ3v) is 4.32. The van der Waals surface area contributed by atoms with Gasteiger partial charge >= 0.3 is 0 Å². The van der Waals surface area contributed by atoms with E-state index in [9.17, 15) is 9.18 Å². The summed E-state index contributed by atoms with van der Waals surface area (Å²) >= 11 is 6.19. The van der Waals surface area contributed by atoms with Crippen molar-refractivity contribution in [3.63, 3.8) is 0 Å². The van der Waals surface area contributed by atoms with E-state index >= 15 is 0 Å². The minimum Gasteiger partial charge on any atom is -0.322 e. The van der Waals surface area contributed by atoms with E-state index in [2.05, 4.69) is 10.4 Å². The Hall–Kier alpha value is -2.44. The van der Waals surface area contributed by atoms with Gasteiger partial charge in [0.25, 0.3) is 5.56 Å². The summed E-state index contributed by atoms with van der Waals surface area (Å²) in [5.74, 6) is 0.0304. The van der Waals surface area contributed by atoms with Crippen molar-refractivity contribution in [3.8, 4) is 0 Å². The molecule has 0 aliphatic rings. The number of nitrogens with zero attached hydrogens (tertiary/aromatic N) is 2. The number of halogens is 2. The van der Waals surface area contributed by atoms with Crippen molar-refractivity contribution in [2.45, 2.75) is 26.8 Å². The molecule has 2 aromatic carbocycles. The minimum atomic E-state index is -0.496. The van der Waals surface area contributed by atoms with E-state index in [4.69, 9.17) is 17.3 Å². The molecule has 0 fully saturated rings. The zero-order chi connectivity index (χ0) is 18.3. The van der Waals surface area contributed by atoms with Crippen LogP contribution in [0.5, 0.6) is 0 Å². The summed E-state index contributed by atoms with van der Waals surface area (Å²) in [6.07, 6.45) is 0. The summed E-state index contributed by atoms with van der Waals surface area (Å²) < 4.78 is 14.8. The van der Waals surface area contributed by atoms with Gasteiger partial charge in [-0.1, -0.05) is 17.7 Å². The highest BCUT2D eigenvalue weighted by Gasteiger charge is 2.17. The van der Waals surface area contributed by atoms with Gasteiger partial charge in [0, 0.05) is 0 Å². The first-order valence-corrected chi connectivity index (χ1v) is 8.18. The van der Waals surface area contributed by atoms with Crippen LogP contribution in [0, 0.1) is 19.7 Å². The largest absolute Gasteiger partial charge is 0.322 e. The Kier molecular flexibility index (Phi) is 4.49. The maximum atomic E-state index is 13.5. The highest BCUT2D eigenvalue weighted by Crippen LogP contribution is 2.24. The van der Waals surface area contributed by atoms with Gasteiger partial charge in [0.2, 0.25) is 0 Å². The van der Waals surface area contributed by atoms with E-state index in [0.29, 0.717) is 38.6 Å². The lowest BCUT2D eigenvalue weighted by Gasteiger charge is -2.20. The molecule has 1 heterocycles. The first-order valence-electron chi connectivity index (χ1n) is 7.80. The zero-order valence-electron chi connectivity index (χ0n) is 14.1. The van der Waals surface area contributed by atoms with Crippen LogP contribution in [0.25, 0.3) is 10.9 Å². The molecule has 0 aliphatic carbocycles. The fourth-order valence-corrected chi connectivity index (χ4v) is 3.07. The molecule has 3 rings (SSSR count). The summed E-state index contributed by atoms with van der Waals surface area (Å²) in [5.41, 5.74) is 11.1. The van der Waals surface area contributed by atoms with Crippen LogP contribution in [-0.4, -0.2) is 9.66 Å². The molecule has 3 aromatic rings. The molecule has 0 saturated heterocycles. The van der Waals surface area contributed by atoms with Crippen molar-refractivity contribution >= 4 is 28.2 Å². The predicted molar refractivity (Wildman–Crippen MR) is 98.5 cm³/mol. The molecule has 0 amide bonds. The van der Waals surface area contributed by atoms with Gasteiger partial charge in [0.05, 0.1) is 27.7 Å². The second-order valence-corrected chi connectivity index (χ2v) is 6.47. The molecule has 7 heteroatoms. The van der Waals surface area contributed by atoms with Gasteiger partial charge in [0.1, 0.15) is 11.6 Å². The van der Waals surface area contributed by atoms with E-state index < -0.39 is 6.04 Å². The second kappa shape index (κ2) is 6.46. The summed E-state index contributed by atoms with van der Waals surface area (Å²) in [6.45, 7) is 5.26. The first kappa shape index (κ1) is 17.4. The lowest BCUT2D eigenvalue weighted by atomic mass is 10.1. The molecule has 0 spiro atoms. The Labute approximate surface area is 149 Å². The number of aryl methyl sites for hydroxylation is 2. The van der Waals surface area contributed by atoms with E-state index in [1.165, 1.54) is 16.8 Å². The summed E-state index contributed by atoms with van der Waals surface area (Å²) in [4.78, 5) is 17.5. The quantitative estimate of drug-likeness (QED) is 0.747. The van der Waals surface area contributed by atoms with Crippen LogP contribution in [0.15, 0.2) is 35.1 Å². The number of benzene rings is 2. The Morgan fingerprint density at radius 2 is 1.92 bits per heavy atom. The van der Waals surface area contributed by atoms with Crippen molar-refractivity contribution in [2.75, 3.05) is 5.43 Å². The Bertz CT molecular complexity index is 1010. The molecule has 1 aromatic heterocycles. The highest BCUT2D eigenvalue weighted by atomic mass is 35.5. The number of fused-ring (bicyclic) bond motifs is 1. The van der Waals surface area contributed by atoms with Crippen LogP contribution >= 0.6 is 11.6 Å². The van der Waals surface area contributed by atoms with Crippen LogP contribution in [0.4, 0.5) is 10.1 Å². The zero-order valence-corrected chi connectivity index (χ0v) is 14.9. The maximum Gasteiger partial charge on any atom is 0.281 e. The monoisotopic (exact) mass is 360 g/mol. The SMILES string of the molecule is Cc1cc(F)cc(C)c1Nn1c([C@H](C)N)nc2cccc(Cl)c2c1=O. The smallest absolute Gasteiger partial charge is 0.281 e. The predicted octanol–water partition coefficient (Wildman–Crippen LogP) is 3.70. The van der Waals surface area contributed by atoms with Crippen molar-refractivity contribution < 1.29 is 4.39 Å². The number of rotatable bonds is 3. The molecule has 0 aliphatic heterocycles. The lowest BCUT2D eigenvalue weighted by molar-refractivity contribution is 0.624. The van der Waals surface area contributed by atoms with E-state index in [0.717, 1.165) is 0 Å². The van der Waals surface area contributed by atoms with Gasteiger partial charge in [0.15, 0.2) is 0 Å². The second-order valence-electron chi connectivity index (χ2n) is 6.06. The molecule has 0 saturated carbocycles. The topological polar surface area (TPSA) is 72.9 Å². The van der Waals surface area contributed by atoms with Gasteiger partial charge in [-0.05, 0) is 56.2 Å². The van der Waals surface area contributed by atoms with Gasteiger partial charge in [-0.15, -0.1) is 0 Å². The molecule has 0 unspecified atom stereocenters. The van der Waals surface area contributed by atoms with Crippen molar-refractivity contribution in [3.05, 3.63) is 68.5 Å². The minimum absolute atomic E-state index is 0.304. The van der Waals surface area contributed by atoms with Crippen molar-refractivity contribution in [1.29, 1.82) is 0 Å². The molecule has 3 N–H and O–H groups in total. The van der Waals surface area contributed by atoms with Crippen molar-refractivity contribution in [2.24, 2.45) is 5.73 Å². The highest BCUT2D eigenvalue weighted by molar-refractivity contribution is 6.35. The fourth-order valence-electron chi connectivity index (χ4n) is 2.82. The Morgan fingerprint density at radius 3 is 2.52 bits per heavy atom. The van der Waals surface area contributed by atoms with Gasteiger partial charge in [-0.3, -0.25) is 10.2 Å². The molecular formula is C18H18ClFN4O. The third kappa shape index (κ3) is 3.10. The van der Waals surface area contributed by atoms with Crippen molar-refractivity contribution in [1.82, 2.24) is 9.66 Å². The van der Waals surface area contributed by atoms with Crippen LogP contribution < -0.4 is 16.7 Å². The molecule has 1 atom stereocenters. The molecular weight excluding hydrogens is 343 g/mol. The standard InChI is InChI=1S/C18H18ClFN4O/c1-9-7-12(20)8-10(2)16(9)23-24-17(11(3)21)22-14-6-4-5-13(19)15(14)18(24)25/h4-8,11,23H,21H2,1-3H3/t11-/m0/s1. The molecule has 0 bridgehead atoms. The normalized spacial score (nSPS) is 12.4. The van der Waals surface area contributed by atoms with E-state index in [1.807, 2.05) is 0 Å². The Balaban J connectivity index is 2.29. The average Bonchev–Trinajstić information content (AvgIpc) is 2.51. The van der Waals surface area contributed by atoms with E-state index in [-0.39, 0.29) is 11.4 Å². The number of anilines is 1. The number of nitrogens with one attached hydrogen (secondary N) is 1. The van der Waals surface area contributed by atoms with Gasteiger partial charge in [-0.25, -0.2) is 14.1 Å². The average molecular weight is 361 g/mol. The third-order valence-electron chi connectivity index (χ3n) is 4.00. The van der Waals surface area contributed by atoms with Gasteiger partial charge in [-0.2, -0.15) is 0 Å². The van der Waals surface area contributed by atoms with Crippen LogP contribution in [0.1, 0.15) is 29.9 Å². The Morgan fingerprint density at radius 1 is 1.28 bits per heavy atom. The molecule has 0 radical (unpaired) electrons. The number of aromatic nitrogens is 2. The summed E-state index contributed by atoms with van der Waals surface area (Å²) in [5, 5.41) is 0.618. The number of hydrogen-bond donors (Lipinski definition) is 2. The van der Waals surface area contributed by atoms with Gasteiger partial charge < -0.3 is 5.73 Å².